The normalized spacial score (nSPS) is 13.4. The minimum Gasteiger partial charge on any atom is -0.404 e. The molecule has 0 saturated carbocycles. The van der Waals surface area contributed by atoms with Crippen LogP contribution in [0.4, 0.5) is 30.7 Å². The summed E-state index contributed by atoms with van der Waals surface area (Å²) in [7, 11) is -17.5. The molecule has 0 spiro atoms. The van der Waals surface area contributed by atoms with E-state index in [0.29, 0.717) is 34.6 Å². The third kappa shape index (κ3) is 8.77. The highest BCUT2D eigenvalue weighted by atomic mass is 79.9. The van der Waals surface area contributed by atoms with Crippen LogP contribution in [0.2, 0.25) is 0 Å². The van der Waals surface area contributed by atoms with E-state index < -0.39 is 89.3 Å². The maximum absolute atomic E-state index is 13.9. The second kappa shape index (κ2) is 13.7. The molecule has 0 radical (unpaired) electrons. The first kappa shape index (κ1) is 39.4. The van der Waals surface area contributed by atoms with Gasteiger partial charge in [-0.1, -0.05) is 64.5 Å². The van der Waals surface area contributed by atoms with Gasteiger partial charge in [0.05, 0.1) is 0 Å². The average molecular weight is 816 g/mol. The van der Waals surface area contributed by atoms with Crippen molar-refractivity contribution in [3.8, 4) is 5.75 Å². The van der Waals surface area contributed by atoms with Crippen LogP contribution in [-0.4, -0.2) is 61.6 Å². The van der Waals surface area contributed by atoms with Crippen molar-refractivity contribution in [2.75, 3.05) is 0 Å². The van der Waals surface area contributed by atoms with Crippen molar-refractivity contribution in [2.45, 2.75) is 35.7 Å². The standard InChI is InChI=1S/C25H19BrF7NO11P2S/c26-18-9-10-20(19(11-18)45-25(31,32)33)48(43,44)34(12-14-1-5-16(6-2-14)21(35)23(27,28)46(37,38)39)13-15-3-7-17(8-4-15)22(36)24(29,30)47(40,41)42/h1-11H,12-13H2,(H2,37,38,39)(H2,40,41,42). The number of hydrogen-bond acceptors (Lipinski definition) is 7. The van der Waals surface area contributed by atoms with Crippen LogP contribution in [0, 0.1) is 0 Å². The maximum atomic E-state index is 13.9. The summed E-state index contributed by atoms with van der Waals surface area (Å²) < 4.78 is 149. The lowest BCUT2D eigenvalue weighted by Crippen LogP contribution is -2.31. The summed E-state index contributed by atoms with van der Waals surface area (Å²) in [4.78, 5) is 58.3. The highest BCUT2D eigenvalue weighted by Gasteiger charge is 2.56. The summed E-state index contributed by atoms with van der Waals surface area (Å²) in [5.41, 5.74) is -12.2. The number of nitrogens with zero attached hydrogens (tertiary/aromatic N) is 1. The molecule has 3 aromatic carbocycles. The Kier molecular flexibility index (Phi) is 11.3. The topological polar surface area (TPSA) is 196 Å². The zero-order chi connectivity index (χ0) is 36.7. The molecule has 0 heterocycles. The zero-order valence-electron chi connectivity index (χ0n) is 23.2. The Balaban J connectivity index is 2.07. The van der Waals surface area contributed by atoms with Gasteiger partial charge < -0.3 is 24.3 Å². The van der Waals surface area contributed by atoms with E-state index in [9.17, 15) is 57.9 Å². The molecule has 0 atom stereocenters. The third-order valence-electron chi connectivity index (χ3n) is 6.18. The molecule has 0 amide bonds. The fraction of sp³-hybridized carbons (Fsp3) is 0.200. The number of ketones is 2. The van der Waals surface area contributed by atoms with Crippen molar-refractivity contribution in [3.05, 3.63) is 93.5 Å². The molecule has 0 aliphatic carbocycles. The largest absolute Gasteiger partial charge is 0.573 e. The first-order valence-electron chi connectivity index (χ1n) is 12.4. The van der Waals surface area contributed by atoms with E-state index in [1.165, 1.54) is 0 Å². The van der Waals surface area contributed by atoms with Gasteiger partial charge in [-0.15, -0.1) is 13.2 Å². The van der Waals surface area contributed by atoms with Crippen LogP contribution in [0.1, 0.15) is 31.8 Å². The second-order valence-corrected chi connectivity index (χ2v) is 15.8. The van der Waals surface area contributed by atoms with Crippen LogP contribution < -0.4 is 4.74 Å². The first-order valence-corrected chi connectivity index (χ1v) is 17.8. The average Bonchev–Trinajstić information content (AvgIpc) is 2.94. The lowest BCUT2D eigenvalue weighted by molar-refractivity contribution is -0.275. The summed E-state index contributed by atoms with van der Waals surface area (Å²) in [5, 5.41) is 0. The molecule has 4 N–H and O–H groups in total. The molecule has 3 rings (SSSR count). The van der Waals surface area contributed by atoms with E-state index >= 15 is 0 Å². The summed E-state index contributed by atoms with van der Waals surface area (Å²) in [6, 6.07) is 8.74. The Morgan fingerprint density at radius 3 is 1.42 bits per heavy atom. The van der Waals surface area contributed by atoms with Gasteiger partial charge in [-0.05, 0) is 29.3 Å². The minimum atomic E-state index is -6.24. The molecule has 0 aliphatic rings. The monoisotopic (exact) mass is 815 g/mol. The molecular weight excluding hydrogens is 797 g/mol. The number of halogens is 8. The molecule has 0 aromatic heterocycles. The van der Waals surface area contributed by atoms with Gasteiger partial charge in [0.1, 0.15) is 4.90 Å². The second-order valence-electron chi connectivity index (χ2n) is 9.63. The third-order valence-corrected chi connectivity index (χ3v) is 10.4. The predicted octanol–water partition coefficient (Wildman–Crippen LogP) is 5.65. The van der Waals surface area contributed by atoms with Crippen molar-refractivity contribution < 1.29 is 82.2 Å². The van der Waals surface area contributed by atoms with Crippen molar-refractivity contribution >= 4 is 52.7 Å². The number of hydrogen-bond donors (Lipinski definition) is 4. The molecule has 0 aliphatic heterocycles. The van der Waals surface area contributed by atoms with E-state index in [1.54, 1.807) is 0 Å². The van der Waals surface area contributed by atoms with Crippen LogP contribution in [0.25, 0.3) is 0 Å². The van der Waals surface area contributed by atoms with Crippen LogP contribution in [0.15, 0.2) is 76.1 Å². The van der Waals surface area contributed by atoms with E-state index in [4.69, 9.17) is 19.6 Å². The molecule has 48 heavy (non-hydrogen) atoms. The molecule has 0 saturated heterocycles. The van der Waals surface area contributed by atoms with E-state index in [0.717, 1.165) is 36.4 Å². The fourth-order valence-electron chi connectivity index (χ4n) is 3.81. The SMILES string of the molecule is O=C(c1ccc(CN(Cc2ccc(C(=O)C(F)(F)P(=O)(O)O)cc2)S(=O)(=O)c2ccc(Br)cc2OC(F)(F)F)cc1)C(F)(F)P(=O)(O)O. The molecular formula is C25H19BrF7NO11P2S. The lowest BCUT2D eigenvalue weighted by Gasteiger charge is -2.24. The van der Waals surface area contributed by atoms with Gasteiger partial charge in [-0.3, -0.25) is 18.7 Å². The van der Waals surface area contributed by atoms with Gasteiger partial charge in [0.2, 0.25) is 21.6 Å². The predicted molar refractivity (Wildman–Crippen MR) is 153 cm³/mol. The van der Waals surface area contributed by atoms with Gasteiger partial charge in [0.25, 0.3) is 0 Å². The van der Waals surface area contributed by atoms with Gasteiger partial charge in [0, 0.05) is 28.7 Å². The molecule has 262 valence electrons. The Bertz CT molecular complexity index is 1820. The van der Waals surface area contributed by atoms with Crippen LogP contribution in [0.5, 0.6) is 5.75 Å². The molecule has 0 fully saturated rings. The number of sulfonamides is 1. The number of rotatable bonds is 13. The summed E-state index contributed by atoms with van der Waals surface area (Å²) in [6.45, 7) is -1.58. The Morgan fingerprint density at radius 2 is 1.08 bits per heavy atom. The maximum Gasteiger partial charge on any atom is 0.573 e. The van der Waals surface area contributed by atoms with Gasteiger partial charge in [-0.2, -0.15) is 21.9 Å². The number of ether oxygens (including phenoxy) is 1. The Morgan fingerprint density at radius 1 is 0.708 bits per heavy atom. The highest BCUT2D eigenvalue weighted by molar-refractivity contribution is 9.10. The smallest absolute Gasteiger partial charge is 0.404 e. The molecule has 0 unspecified atom stereocenters. The summed E-state index contributed by atoms with van der Waals surface area (Å²) >= 11 is 2.89. The number of alkyl halides is 7. The van der Waals surface area contributed by atoms with Crippen LogP contribution in [0.3, 0.4) is 0 Å². The quantitative estimate of drug-likeness (QED) is 0.0947. The number of benzene rings is 3. The first-order chi connectivity index (χ1) is 21.7. The van der Waals surface area contributed by atoms with Gasteiger partial charge >= 0.3 is 32.9 Å². The van der Waals surface area contributed by atoms with Crippen LogP contribution in [-0.2, 0) is 32.2 Å². The van der Waals surface area contributed by atoms with Gasteiger partial charge in [0.15, 0.2) is 5.75 Å². The zero-order valence-corrected chi connectivity index (χ0v) is 27.4. The van der Waals surface area contributed by atoms with Crippen molar-refractivity contribution in [1.82, 2.24) is 4.31 Å². The fourth-order valence-corrected chi connectivity index (χ4v) is 6.45. The van der Waals surface area contributed by atoms with Crippen LogP contribution >= 0.6 is 31.1 Å². The Labute approximate surface area is 273 Å². The highest BCUT2D eigenvalue weighted by Crippen LogP contribution is 2.55. The molecule has 0 bridgehead atoms. The number of carbonyl (C=O) groups is 2. The Hall–Kier alpha value is -3.00. The molecule has 23 heteroatoms. The van der Waals surface area contributed by atoms with E-state index in [2.05, 4.69) is 20.7 Å². The van der Waals surface area contributed by atoms with Crippen molar-refractivity contribution in [2.24, 2.45) is 0 Å². The minimum absolute atomic E-state index is 0.0352. The van der Waals surface area contributed by atoms with E-state index in [1.807, 2.05) is 0 Å². The number of carbonyl (C=O) groups excluding carboxylic acids is 2. The summed E-state index contributed by atoms with van der Waals surface area (Å²) in [5.74, 6) is -5.73. The van der Waals surface area contributed by atoms with Crippen molar-refractivity contribution in [1.29, 1.82) is 0 Å². The molecule has 12 nitrogen and oxygen atoms in total. The number of Topliss-reactive ketones (excluding diaryl/α,β-unsaturated/α-hetero) is 2. The summed E-state index contributed by atoms with van der Waals surface area (Å²) in [6.07, 6.45) is -5.37. The van der Waals surface area contributed by atoms with E-state index in [-0.39, 0.29) is 15.6 Å². The van der Waals surface area contributed by atoms with Gasteiger partial charge in [-0.25, -0.2) is 8.42 Å². The lowest BCUT2D eigenvalue weighted by atomic mass is 10.1. The molecule has 3 aromatic rings. The van der Waals surface area contributed by atoms with Crippen molar-refractivity contribution in [3.63, 3.8) is 0 Å².